The van der Waals surface area contributed by atoms with Crippen LogP contribution in [0.1, 0.15) is 53.7 Å². The fourth-order valence-electron chi connectivity index (χ4n) is 4.08. The van der Waals surface area contributed by atoms with Crippen LogP contribution >= 0.6 is 11.3 Å². The molecule has 0 bridgehead atoms. The van der Waals surface area contributed by atoms with Crippen molar-refractivity contribution in [1.29, 1.82) is 0 Å². The topological polar surface area (TPSA) is 49.9 Å². The van der Waals surface area contributed by atoms with Gasteiger partial charge in [-0.2, -0.15) is 0 Å². The first-order valence-corrected chi connectivity index (χ1v) is 10.5. The van der Waals surface area contributed by atoms with E-state index in [4.69, 9.17) is 4.74 Å². The van der Waals surface area contributed by atoms with Crippen molar-refractivity contribution in [3.05, 3.63) is 21.4 Å². The number of thiophene rings is 1. The van der Waals surface area contributed by atoms with Crippen LogP contribution in [0.15, 0.2) is 6.07 Å². The lowest BCUT2D eigenvalue weighted by Crippen LogP contribution is -2.51. The second kappa shape index (κ2) is 8.09. The molecule has 0 saturated carbocycles. The summed E-state index contributed by atoms with van der Waals surface area (Å²) in [5, 5.41) is 0. The zero-order valence-corrected chi connectivity index (χ0v) is 17.1. The smallest absolute Gasteiger partial charge is 0.263 e. The molecule has 0 spiro atoms. The number of carbonyl (C=O) groups is 2. The lowest BCUT2D eigenvalue weighted by Gasteiger charge is -2.39. The van der Waals surface area contributed by atoms with Gasteiger partial charge in [0.15, 0.2) is 0 Å². The highest BCUT2D eigenvalue weighted by molar-refractivity contribution is 7.14. The van der Waals surface area contributed by atoms with Gasteiger partial charge >= 0.3 is 0 Å². The van der Waals surface area contributed by atoms with Crippen LogP contribution in [0.5, 0.6) is 0 Å². The molecule has 2 aliphatic heterocycles. The lowest BCUT2D eigenvalue weighted by atomic mass is 9.94. The molecule has 2 atom stereocenters. The van der Waals surface area contributed by atoms with Crippen LogP contribution in [0.25, 0.3) is 0 Å². The van der Waals surface area contributed by atoms with E-state index in [1.54, 1.807) is 11.3 Å². The third-order valence-corrected chi connectivity index (χ3v) is 6.78. The normalized spacial score (nSPS) is 24.8. The van der Waals surface area contributed by atoms with E-state index in [1.807, 2.05) is 29.7 Å². The number of rotatable bonds is 3. The maximum atomic E-state index is 12.8. The summed E-state index contributed by atoms with van der Waals surface area (Å²) in [5.74, 6) is 0.393. The van der Waals surface area contributed by atoms with Crippen molar-refractivity contribution in [1.82, 2.24) is 9.80 Å². The molecule has 1 aromatic heterocycles. The van der Waals surface area contributed by atoms with E-state index in [0.29, 0.717) is 26.2 Å². The van der Waals surface area contributed by atoms with Crippen LogP contribution in [0.4, 0.5) is 0 Å². The minimum absolute atomic E-state index is 0.0350. The highest BCUT2D eigenvalue weighted by atomic mass is 32.1. The van der Waals surface area contributed by atoms with Crippen LogP contribution in [0.3, 0.4) is 0 Å². The van der Waals surface area contributed by atoms with E-state index in [0.717, 1.165) is 24.1 Å². The van der Waals surface area contributed by atoms with Crippen molar-refractivity contribution in [3.8, 4) is 0 Å². The number of aryl methyl sites for hydroxylation is 2. The van der Waals surface area contributed by atoms with Gasteiger partial charge in [-0.15, -0.1) is 11.3 Å². The molecule has 0 N–H and O–H groups in total. The van der Waals surface area contributed by atoms with Gasteiger partial charge in [0.05, 0.1) is 17.1 Å². The van der Waals surface area contributed by atoms with E-state index in [-0.39, 0.29) is 29.9 Å². The number of carbonyl (C=O) groups excluding carboxylic acids is 2. The Kier molecular flexibility index (Phi) is 6.03. The fourth-order valence-corrected chi connectivity index (χ4v) is 5.16. The fraction of sp³-hybridized carbons (Fsp3) is 0.700. The monoisotopic (exact) mass is 378 g/mol. The Balaban J connectivity index is 1.56. The molecule has 6 heteroatoms. The summed E-state index contributed by atoms with van der Waals surface area (Å²) in [6.45, 7) is 10.9. The summed E-state index contributed by atoms with van der Waals surface area (Å²) in [6.07, 6.45) is 2.68. The molecule has 2 saturated heterocycles. The molecule has 5 nitrogen and oxygen atoms in total. The zero-order valence-electron chi connectivity index (χ0n) is 16.3. The molecule has 0 unspecified atom stereocenters. The molecule has 2 fully saturated rings. The molecule has 1 aromatic rings. The number of morpholine rings is 1. The van der Waals surface area contributed by atoms with E-state index < -0.39 is 0 Å². The molecular weight excluding hydrogens is 348 g/mol. The van der Waals surface area contributed by atoms with E-state index in [2.05, 4.69) is 13.8 Å². The standard InChI is InChI=1S/C20H30N2O3S/c1-5-17-13(2)10-18(26-17)20(24)21-8-6-16(7-9-21)19(23)22-11-14(3)25-15(4)12-22/h10,14-16H,5-9,11-12H2,1-4H3/t14-,15-/m0/s1. The largest absolute Gasteiger partial charge is 0.372 e. The van der Waals surface area contributed by atoms with Gasteiger partial charge in [0, 0.05) is 37.0 Å². The van der Waals surface area contributed by atoms with Crippen LogP contribution in [-0.2, 0) is 16.0 Å². The highest BCUT2D eigenvalue weighted by Crippen LogP contribution is 2.27. The minimum Gasteiger partial charge on any atom is -0.372 e. The van der Waals surface area contributed by atoms with Gasteiger partial charge in [0.25, 0.3) is 5.91 Å². The minimum atomic E-state index is 0.0350. The quantitative estimate of drug-likeness (QED) is 0.812. The number of amides is 2. The van der Waals surface area contributed by atoms with Crippen molar-refractivity contribution < 1.29 is 14.3 Å². The van der Waals surface area contributed by atoms with Gasteiger partial charge < -0.3 is 14.5 Å². The Morgan fingerprint density at radius 2 is 1.77 bits per heavy atom. The van der Waals surface area contributed by atoms with Crippen molar-refractivity contribution in [3.63, 3.8) is 0 Å². The molecule has 26 heavy (non-hydrogen) atoms. The summed E-state index contributed by atoms with van der Waals surface area (Å²) in [4.78, 5) is 31.6. The zero-order chi connectivity index (χ0) is 18.8. The first-order chi connectivity index (χ1) is 12.4. The molecule has 144 valence electrons. The molecule has 3 rings (SSSR count). The number of likely N-dealkylation sites (tertiary alicyclic amines) is 1. The number of piperidine rings is 1. The van der Waals surface area contributed by atoms with Crippen molar-refractivity contribution in [2.45, 2.75) is 59.2 Å². The summed E-state index contributed by atoms with van der Waals surface area (Å²) in [7, 11) is 0. The number of nitrogens with zero attached hydrogens (tertiary/aromatic N) is 2. The van der Waals surface area contributed by atoms with Gasteiger partial charge in [-0.05, 0) is 51.7 Å². The summed E-state index contributed by atoms with van der Waals surface area (Å²) in [6, 6.07) is 2.01. The van der Waals surface area contributed by atoms with E-state index in [9.17, 15) is 9.59 Å². The SMILES string of the molecule is CCc1sc(C(=O)N2CCC(C(=O)N3C[C@H](C)O[C@@H](C)C3)CC2)cc1C. The average Bonchev–Trinajstić information content (AvgIpc) is 3.00. The second-order valence-electron chi connectivity index (χ2n) is 7.64. The van der Waals surface area contributed by atoms with E-state index in [1.165, 1.54) is 10.4 Å². The van der Waals surface area contributed by atoms with Gasteiger partial charge in [0.1, 0.15) is 0 Å². The number of hydrogen-bond donors (Lipinski definition) is 0. The third-order valence-electron chi connectivity index (χ3n) is 5.42. The predicted octanol–water partition coefficient (Wildman–Crippen LogP) is 3.11. The Labute approximate surface area is 160 Å². The van der Waals surface area contributed by atoms with Crippen molar-refractivity contribution in [2.75, 3.05) is 26.2 Å². The van der Waals surface area contributed by atoms with Crippen molar-refractivity contribution >= 4 is 23.2 Å². The van der Waals surface area contributed by atoms with Gasteiger partial charge in [-0.1, -0.05) is 6.92 Å². The predicted molar refractivity (Wildman–Crippen MR) is 104 cm³/mol. The Morgan fingerprint density at radius 3 is 2.31 bits per heavy atom. The first kappa shape index (κ1) is 19.4. The maximum Gasteiger partial charge on any atom is 0.263 e. The van der Waals surface area contributed by atoms with Gasteiger partial charge in [-0.3, -0.25) is 9.59 Å². The summed E-state index contributed by atoms with van der Waals surface area (Å²) in [5.41, 5.74) is 1.21. The molecule has 0 aliphatic carbocycles. The molecular formula is C20H30N2O3S. The number of hydrogen-bond acceptors (Lipinski definition) is 4. The Bertz CT molecular complexity index is 654. The average molecular weight is 379 g/mol. The first-order valence-electron chi connectivity index (χ1n) is 9.71. The van der Waals surface area contributed by atoms with Crippen LogP contribution in [-0.4, -0.2) is 60.0 Å². The molecule has 0 radical (unpaired) electrons. The van der Waals surface area contributed by atoms with Crippen LogP contribution < -0.4 is 0 Å². The van der Waals surface area contributed by atoms with Gasteiger partial charge in [-0.25, -0.2) is 0 Å². The molecule has 2 amide bonds. The second-order valence-corrected chi connectivity index (χ2v) is 8.77. The summed E-state index contributed by atoms with van der Waals surface area (Å²) < 4.78 is 5.73. The van der Waals surface area contributed by atoms with Gasteiger partial charge in [0.2, 0.25) is 5.91 Å². The van der Waals surface area contributed by atoms with Crippen molar-refractivity contribution in [2.24, 2.45) is 5.92 Å². The number of ether oxygens (including phenoxy) is 1. The summed E-state index contributed by atoms with van der Waals surface area (Å²) >= 11 is 1.61. The molecule has 2 aliphatic rings. The van der Waals surface area contributed by atoms with Crippen LogP contribution in [0, 0.1) is 12.8 Å². The molecule has 3 heterocycles. The molecule has 0 aromatic carbocycles. The maximum absolute atomic E-state index is 12.8. The lowest BCUT2D eigenvalue weighted by molar-refractivity contribution is -0.148. The third kappa shape index (κ3) is 4.12. The Hall–Kier alpha value is -1.40. The van der Waals surface area contributed by atoms with Crippen LogP contribution in [0.2, 0.25) is 0 Å². The van der Waals surface area contributed by atoms with E-state index >= 15 is 0 Å². The Morgan fingerprint density at radius 1 is 1.15 bits per heavy atom. The highest BCUT2D eigenvalue weighted by Gasteiger charge is 2.34.